The first-order chi connectivity index (χ1) is 10.7. The van der Waals surface area contributed by atoms with Crippen LogP contribution in [0.3, 0.4) is 0 Å². The minimum absolute atomic E-state index is 0.0417. The zero-order chi connectivity index (χ0) is 16.9. The van der Waals surface area contributed by atoms with Gasteiger partial charge in [-0.15, -0.1) is 0 Å². The first kappa shape index (κ1) is 17.3. The molecule has 23 heavy (non-hydrogen) atoms. The van der Waals surface area contributed by atoms with E-state index < -0.39 is 22.6 Å². The molecule has 0 saturated heterocycles. The van der Waals surface area contributed by atoms with Gasteiger partial charge in [-0.05, 0) is 23.8 Å². The normalized spacial score (nSPS) is 12.3. The summed E-state index contributed by atoms with van der Waals surface area (Å²) in [7, 11) is -3.34. The Bertz CT molecular complexity index is 711. The molecule has 0 aliphatic rings. The number of ether oxygens (including phenoxy) is 1. The Kier molecular flexibility index (Phi) is 5.30. The molecule has 0 bridgehead atoms. The Hall–Kier alpha value is -2.03. The van der Waals surface area contributed by atoms with Crippen LogP contribution in [0, 0.1) is 0 Å². The van der Waals surface area contributed by atoms with Gasteiger partial charge in [0.2, 0.25) is 0 Å². The molecule has 2 aromatic rings. The minimum atomic E-state index is -4.41. The van der Waals surface area contributed by atoms with Gasteiger partial charge in [-0.3, -0.25) is 4.68 Å². The molecule has 0 radical (unpaired) electrons. The van der Waals surface area contributed by atoms with Crippen LogP contribution >= 0.6 is 0 Å². The van der Waals surface area contributed by atoms with Crippen LogP contribution in [0.15, 0.2) is 42.7 Å². The van der Waals surface area contributed by atoms with Gasteiger partial charge in [0.1, 0.15) is 5.75 Å². The Morgan fingerprint density at radius 3 is 2.43 bits per heavy atom. The van der Waals surface area contributed by atoms with Crippen LogP contribution in [-0.4, -0.2) is 36.7 Å². The average Bonchev–Trinajstić information content (AvgIpc) is 2.97. The van der Waals surface area contributed by atoms with Crippen LogP contribution in [0.4, 0.5) is 13.2 Å². The predicted octanol–water partition coefficient (Wildman–Crippen LogP) is 2.44. The lowest BCUT2D eigenvalue weighted by Gasteiger charge is -2.10. The summed E-state index contributed by atoms with van der Waals surface area (Å²) in [6.45, 7) is -1.13. The number of alkyl halides is 3. The number of sulfone groups is 1. The van der Waals surface area contributed by atoms with Gasteiger partial charge >= 0.3 is 6.18 Å². The maximum atomic E-state index is 12.0. The SMILES string of the molecule is O=S(=O)(CCn1cccn1)Cc1ccc(OCC(F)(F)F)cc1. The molecule has 0 fully saturated rings. The highest BCUT2D eigenvalue weighted by molar-refractivity contribution is 7.90. The second-order valence-corrected chi connectivity index (χ2v) is 7.09. The molecule has 5 nitrogen and oxygen atoms in total. The Balaban J connectivity index is 1.89. The standard InChI is InChI=1S/C14H15F3N2O3S/c15-14(16,17)11-22-13-4-2-12(3-5-13)10-23(20,21)9-8-19-7-1-6-18-19/h1-7H,8-11H2. The molecule has 0 N–H and O–H groups in total. The fourth-order valence-electron chi connectivity index (χ4n) is 1.84. The minimum Gasteiger partial charge on any atom is -0.484 e. The molecule has 1 aromatic carbocycles. The first-order valence-corrected chi connectivity index (χ1v) is 8.52. The van der Waals surface area contributed by atoms with E-state index in [9.17, 15) is 21.6 Å². The van der Waals surface area contributed by atoms with Gasteiger partial charge in [0.25, 0.3) is 0 Å². The first-order valence-electron chi connectivity index (χ1n) is 6.70. The molecule has 1 heterocycles. The number of rotatable bonds is 7. The lowest BCUT2D eigenvalue weighted by molar-refractivity contribution is -0.153. The number of nitrogens with zero attached hydrogens (tertiary/aromatic N) is 2. The molecule has 0 aliphatic heterocycles. The van der Waals surface area contributed by atoms with E-state index in [1.165, 1.54) is 28.9 Å². The van der Waals surface area contributed by atoms with Crippen molar-refractivity contribution in [1.29, 1.82) is 0 Å². The quantitative estimate of drug-likeness (QED) is 0.771. The highest BCUT2D eigenvalue weighted by Gasteiger charge is 2.28. The fraction of sp³-hybridized carbons (Fsp3) is 0.357. The van der Waals surface area contributed by atoms with Gasteiger partial charge in [0.15, 0.2) is 16.4 Å². The van der Waals surface area contributed by atoms with Crippen LogP contribution in [0.1, 0.15) is 5.56 Å². The Labute approximate surface area is 131 Å². The lowest BCUT2D eigenvalue weighted by atomic mass is 10.2. The summed E-state index contributed by atoms with van der Waals surface area (Å²) in [6, 6.07) is 7.23. The second-order valence-electron chi connectivity index (χ2n) is 4.91. The maximum Gasteiger partial charge on any atom is 0.422 e. The van der Waals surface area contributed by atoms with Crippen LogP contribution in [0.2, 0.25) is 0 Å². The van der Waals surface area contributed by atoms with E-state index in [1.807, 2.05) is 0 Å². The third-order valence-electron chi connectivity index (χ3n) is 2.90. The van der Waals surface area contributed by atoms with E-state index in [2.05, 4.69) is 9.84 Å². The zero-order valence-corrected chi connectivity index (χ0v) is 12.8. The summed E-state index contributed by atoms with van der Waals surface area (Å²) >= 11 is 0. The van der Waals surface area contributed by atoms with Crippen molar-refractivity contribution < 1.29 is 26.3 Å². The van der Waals surface area contributed by atoms with Crippen LogP contribution in [0.5, 0.6) is 5.75 Å². The summed E-state index contributed by atoms with van der Waals surface area (Å²) in [4.78, 5) is 0. The highest BCUT2D eigenvalue weighted by atomic mass is 32.2. The lowest BCUT2D eigenvalue weighted by Crippen LogP contribution is -2.19. The van der Waals surface area contributed by atoms with Gasteiger partial charge < -0.3 is 4.74 Å². The summed E-state index contributed by atoms with van der Waals surface area (Å²) < 4.78 is 66.2. The number of aryl methyl sites for hydroxylation is 1. The number of aromatic nitrogens is 2. The molecule has 1 aromatic heterocycles. The van der Waals surface area contributed by atoms with Gasteiger partial charge in [0.05, 0.1) is 18.1 Å². The van der Waals surface area contributed by atoms with Gasteiger partial charge in [-0.1, -0.05) is 12.1 Å². The van der Waals surface area contributed by atoms with Crippen LogP contribution < -0.4 is 4.74 Å². The van der Waals surface area contributed by atoms with Crippen LogP contribution in [-0.2, 0) is 22.1 Å². The van der Waals surface area contributed by atoms with E-state index in [1.54, 1.807) is 18.5 Å². The number of benzene rings is 1. The van der Waals surface area contributed by atoms with Crippen LogP contribution in [0.25, 0.3) is 0 Å². The largest absolute Gasteiger partial charge is 0.484 e. The summed E-state index contributed by atoms with van der Waals surface area (Å²) in [5, 5.41) is 3.92. The number of hydrogen-bond acceptors (Lipinski definition) is 4. The van der Waals surface area contributed by atoms with E-state index in [0.29, 0.717) is 5.56 Å². The molecule has 0 amide bonds. The third-order valence-corrected chi connectivity index (χ3v) is 4.48. The Morgan fingerprint density at radius 1 is 1.17 bits per heavy atom. The molecule has 9 heteroatoms. The van der Waals surface area contributed by atoms with E-state index >= 15 is 0 Å². The van der Waals surface area contributed by atoms with Gasteiger partial charge in [0, 0.05) is 12.4 Å². The average molecular weight is 348 g/mol. The van der Waals surface area contributed by atoms with E-state index in [-0.39, 0.29) is 23.8 Å². The molecular weight excluding hydrogens is 333 g/mol. The fourth-order valence-corrected chi connectivity index (χ4v) is 3.15. The van der Waals surface area contributed by atoms with Crippen molar-refractivity contribution in [3.8, 4) is 5.75 Å². The molecule has 126 valence electrons. The molecule has 0 saturated carbocycles. The highest BCUT2D eigenvalue weighted by Crippen LogP contribution is 2.19. The van der Waals surface area contributed by atoms with Gasteiger partial charge in [-0.2, -0.15) is 18.3 Å². The summed E-state index contributed by atoms with van der Waals surface area (Å²) in [5.41, 5.74) is 0.491. The molecular formula is C14H15F3N2O3S. The summed E-state index contributed by atoms with van der Waals surface area (Å²) in [6.07, 6.45) is -1.18. The topological polar surface area (TPSA) is 61.2 Å². The Morgan fingerprint density at radius 2 is 1.87 bits per heavy atom. The molecule has 2 rings (SSSR count). The van der Waals surface area contributed by atoms with Crippen molar-refractivity contribution in [2.45, 2.75) is 18.5 Å². The second kappa shape index (κ2) is 7.03. The van der Waals surface area contributed by atoms with Crippen molar-refractivity contribution in [2.24, 2.45) is 0 Å². The number of halogens is 3. The third kappa shape index (κ3) is 6.31. The smallest absolute Gasteiger partial charge is 0.422 e. The molecule has 0 spiro atoms. The zero-order valence-electron chi connectivity index (χ0n) is 12.0. The molecule has 0 atom stereocenters. The molecule has 0 aliphatic carbocycles. The van der Waals surface area contributed by atoms with Crippen molar-refractivity contribution in [1.82, 2.24) is 9.78 Å². The van der Waals surface area contributed by atoms with E-state index in [0.717, 1.165) is 0 Å². The van der Waals surface area contributed by atoms with Crippen molar-refractivity contribution in [3.05, 3.63) is 48.3 Å². The monoisotopic (exact) mass is 348 g/mol. The van der Waals surface area contributed by atoms with Crippen molar-refractivity contribution in [2.75, 3.05) is 12.4 Å². The maximum absolute atomic E-state index is 12.0. The van der Waals surface area contributed by atoms with Gasteiger partial charge in [-0.25, -0.2) is 8.42 Å². The van der Waals surface area contributed by atoms with Crippen molar-refractivity contribution in [3.63, 3.8) is 0 Å². The molecule has 0 unspecified atom stereocenters. The van der Waals surface area contributed by atoms with E-state index in [4.69, 9.17) is 0 Å². The number of hydrogen-bond donors (Lipinski definition) is 0. The summed E-state index contributed by atoms with van der Waals surface area (Å²) in [5.74, 6) is -0.213. The predicted molar refractivity (Wildman–Crippen MR) is 77.7 cm³/mol. The van der Waals surface area contributed by atoms with Crippen molar-refractivity contribution >= 4 is 9.84 Å².